The van der Waals surface area contributed by atoms with Gasteiger partial charge in [0.2, 0.25) is 0 Å². The molecule has 1 N–H and O–H groups in total. The van der Waals surface area contributed by atoms with E-state index >= 15 is 0 Å². The Morgan fingerprint density at radius 2 is 1.73 bits per heavy atom. The first kappa shape index (κ1) is 28.1. The van der Waals surface area contributed by atoms with Crippen molar-refractivity contribution < 1.29 is 43.1 Å². The maximum absolute atomic E-state index is 13.1. The van der Waals surface area contributed by atoms with Gasteiger partial charge in [-0.15, -0.1) is 0 Å². The van der Waals surface area contributed by atoms with Crippen LogP contribution in [0.3, 0.4) is 0 Å². The summed E-state index contributed by atoms with van der Waals surface area (Å²) in [6.45, 7) is 0.559. The lowest BCUT2D eigenvalue weighted by atomic mass is 10.1. The summed E-state index contributed by atoms with van der Waals surface area (Å²) in [6, 6.07) is 12.6. The quantitative estimate of drug-likeness (QED) is 0.423. The molecular formula is C27H35NO9. The summed E-state index contributed by atoms with van der Waals surface area (Å²) in [7, 11) is 4.68. The maximum atomic E-state index is 13.1. The number of carboxylic acids is 1. The van der Waals surface area contributed by atoms with Gasteiger partial charge in [-0.1, -0.05) is 18.2 Å². The van der Waals surface area contributed by atoms with Crippen molar-refractivity contribution in [1.82, 2.24) is 4.90 Å². The molecule has 10 heteroatoms. The first-order valence-electron chi connectivity index (χ1n) is 12.2. The van der Waals surface area contributed by atoms with Crippen molar-refractivity contribution in [3.8, 4) is 17.2 Å². The Labute approximate surface area is 217 Å². The van der Waals surface area contributed by atoms with Gasteiger partial charge in [0, 0.05) is 13.2 Å². The number of ether oxygens (including phenoxy) is 6. The molecule has 0 aromatic heterocycles. The second kappa shape index (κ2) is 14.3. The zero-order valence-corrected chi connectivity index (χ0v) is 21.5. The van der Waals surface area contributed by atoms with Gasteiger partial charge >= 0.3 is 12.1 Å². The zero-order valence-electron chi connectivity index (χ0n) is 21.5. The standard InChI is InChI=1S/C27H35NO9/c1-32-21-10-7-20(8-11-21)18-36-27(31)28(14-13-19-9-12-22(33-2)23(16-19)34-3)17-24(26(29)30)37-25-6-4-5-15-35-25/h7-12,16,24-25H,4-6,13-15,17-18H2,1-3H3,(H,29,30). The molecule has 1 fully saturated rings. The first-order chi connectivity index (χ1) is 17.9. The van der Waals surface area contributed by atoms with Gasteiger partial charge in [-0.3, -0.25) is 0 Å². The second-order valence-corrected chi connectivity index (χ2v) is 8.55. The molecule has 1 aliphatic rings. The van der Waals surface area contributed by atoms with E-state index in [0.717, 1.165) is 24.0 Å². The normalized spacial score (nSPS) is 15.9. The lowest BCUT2D eigenvalue weighted by molar-refractivity contribution is -0.202. The fraction of sp³-hybridized carbons (Fsp3) is 0.481. The molecule has 2 aromatic carbocycles. The highest BCUT2D eigenvalue weighted by molar-refractivity contribution is 5.74. The number of benzene rings is 2. The third-order valence-electron chi connectivity index (χ3n) is 6.01. The van der Waals surface area contributed by atoms with E-state index in [-0.39, 0.29) is 19.7 Å². The van der Waals surface area contributed by atoms with Crippen LogP contribution < -0.4 is 14.2 Å². The number of nitrogens with zero attached hydrogens (tertiary/aromatic N) is 1. The highest BCUT2D eigenvalue weighted by atomic mass is 16.7. The molecule has 1 saturated heterocycles. The topological polar surface area (TPSA) is 113 Å². The van der Waals surface area contributed by atoms with Gasteiger partial charge in [0.1, 0.15) is 12.4 Å². The summed E-state index contributed by atoms with van der Waals surface area (Å²) in [6.07, 6.45) is 0.328. The van der Waals surface area contributed by atoms with Crippen LogP contribution in [0, 0.1) is 0 Å². The minimum Gasteiger partial charge on any atom is -0.497 e. The van der Waals surface area contributed by atoms with Crippen molar-refractivity contribution in [2.24, 2.45) is 0 Å². The molecule has 1 aliphatic heterocycles. The molecule has 0 spiro atoms. The van der Waals surface area contributed by atoms with Crippen LogP contribution >= 0.6 is 0 Å². The van der Waals surface area contributed by atoms with Crippen LogP contribution in [0.15, 0.2) is 42.5 Å². The van der Waals surface area contributed by atoms with Crippen molar-refractivity contribution >= 4 is 12.1 Å². The smallest absolute Gasteiger partial charge is 0.410 e. The molecule has 1 heterocycles. The van der Waals surface area contributed by atoms with Gasteiger partial charge in [-0.2, -0.15) is 0 Å². The summed E-state index contributed by atoms with van der Waals surface area (Å²) in [4.78, 5) is 26.4. The molecule has 202 valence electrons. The predicted molar refractivity (Wildman–Crippen MR) is 134 cm³/mol. The molecule has 2 aromatic rings. The van der Waals surface area contributed by atoms with E-state index < -0.39 is 24.5 Å². The van der Waals surface area contributed by atoms with Gasteiger partial charge in [0.05, 0.1) is 27.9 Å². The summed E-state index contributed by atoms with van der Waals surface area (Å²) in [5, 5.41) is 9.80. The average Bonchev–Trinajstić information content (AvgIpc) is 2.93. The Hall–Kier alpha value is -3.50. The van der Waals surface area contributed by atoms with E-state index in [4.69, 9.17) is 28.4 Å². The molecule has 0 bridgehead atoms. The first-order valence-corrected chi connectivity index (χ1v) is 12.2. The van der Waals surface area contributed by atoms with Crippen LogP contribution in [-0.4, -0.2) is 75.5 Å². The summed E-state index contributed by atoms with van der Waals surface area (Å²) in [5.74, 6) is 0.676. The Balaban J connectivity index is 1.70. The Morgan fingerprint density at radius 3 is 2.35 bits per heavy atom. The third kappa shape index (κ3) is 8.54. The van der Waals surface area contributed by atoms with Crippen molar-refractivity contribution in [3.05, 3.63) is 53.6 Å². The van der Waals surface area contributed by atoms with Crippen molar-refractivity contribution in [2.45, 2.75) is 44.7 Å². The van der Waals surface area contributed by atoms with Crippen LogP contribution in [0.25, 0.3) is 0 Å². The van der Waals surface area contributed by atoms with Gasteiger partial charge < -0.3 is 38.4 Å². The van der Waals surface area contributed by atoms with E-state index in [0.29, 0.717) is 36.7 Å². The summed E-state index contributed by atoms with van der Waals surface area (Å²) in [5.41, 5.74) is 1.66. The average molecular weight is 518 g/mol. The number of rotatable bonds is 13. The van der Waals surface area contributed by atoms with Crippen molar-refractivity contribution in [1.29, 1.82) is 0 Å². The highest BCUT2D eigenvalue weighted by Crippen LogP contribution is 2.28. The van der Waals surface area contributed by atoms with Crippen LogP contribution in [0.1, 0.15) is 30.4 Å². The molecule has 2 atom stereocenters. The molecule has 0 saturated carbocycles. The number of aliphatic carboxylic acids is 1. The monoisotopic (exact) mass is 517 g/mol. The molecule has 2 unspecified atom stereocenters. The fourth-order valence-electron chi connectivity index (χ4n) is 3.90. The lowest BCUT2D eigenvalue weighted by Gasteiger charge is -2.29. The van der Waals surface area contributed by atoms with Crippen LogP contribution in [0.5, 0.6) is 17.2 Å². The fourth-order valence-corrected chi connectivity index (χ4v) is 3.90. The van der Waals surface area contributed by atoms with E-state index in [1.165, 1.54) is 4.90 Å². The van der Waals surface area contributed by atoms with Gasteiger partial charge in [-0.25, -0.2) is 9.59 Å². The van der Waals surface area contributed by atoms with Gasteiger partial charge in [0.25, 0.3) is 0 Å². The largest absolute Gasteiger partial charge is 0.497 e. The number of carbonyl (C=O) groups is 2. The van der Waals surface area contributed by atoms with Crippen molar-refractivity contribution in [3.63, 3.8) is 0 Å². The zero-order chi connectivity index (χ0) is 26.6. The molecule has 0 aliphatic carbocycles. The lowest BCUT2D eigenvalue weighted by Crippen LogP contribution is -2.45. The Kier molecular flexibility index (Phi) is 10.8. The number of carbonyl (C=O) groups excluding carboxylic acids is 1. The predicted octanol–water partition coefficient (Wildman–Crippen LogP) is 3.89. The van der Waals surface area contributed by atoms with Crippen LogP contribution in [0.4, 0.5) is 4.79 Å². The van der Waals surface area contributed by atoms with Gasteiger partial charge in [-0.05, 0) is 61.1 Å². The number of hydrogen-bond donors (Lipinski definition) is 1. The second-order valence-electron chi connectivity index (χ2n) is 8.55. The minimum atomic E-state index is -1.26. The Bertz CT molecular complexity index is 1010. The number of carboxylic acid groups (broad SMARTS) is 1. The van der Waals surface area contributed by atoms with E-state index in [1.807, 2.05) is 12.1 Å². The van der Waals surface area contributed by atoms with Crippen LogP contribution in [0.2, 0.25) is 0 Å². The van der Waals surface area contributed by atoms with Gasteiger partial charge in [0.15, 0.2) is 23.9 Å². The third-order valence-corrected chi connectivity index (χ3v) is 6.01. The van der Waals surface area contributed by atoms with Crippen molar-refractivity contribution in [2.75, 3.05) is 41.0 Å². The van der Waals surface area contributed by atoms with E-state index in [9.17, 15) is 14.7 Å². The number of hydrogen-bond acceptors (Lipinski definition) is 8. The number of amides is 1. The molecule has 1 amide bonds. The molecular weight excluding hydrogens is 482 g/mol. The summed E-state index contributed by atoms with van der Waals surface area (Å²) < 4.78 is 32.6. The van der Waals surface area contributed by atoms with E-state index in [1.54, 1.807) is 51.7 Å². The highest BCUT2D eigenvalue weighted by Gasteiger charge is 2.29. The Morgan fingerprint density at radius 1 is 1.00 bits per heavy atom. The molecule has 37 heavy (non-hydrogen) atoms. The van der Waals surface area contributed by atoms with Crippen LogP contribution in [-0.2, 0) is 32.0 Å². The summed E-state index contributed by atoms with van der Waals surface area (Å²) >= 11 is 0. The number of methoxy groups -OCH3 is 3. The molecule has 10 nitrogen and oxygen atoms in total. The molecule has 0 radical (unpaired) electrons. The molecule has 3 rings (SSSR count). The SMILES string of the molecule is COc1ccc(COC(=O)N(CCc2ccc(OC)c(OC)c2)CC(OC2CCCCO2)C(=O)O)cc1. The maximum Gasteiger partial charge on any atom is 0.410 e. The van der Waals surface area contributed by atoms with E-state index in [2.05, 4.69) is 0 Å². The minimum absolute atomic E-state index is 0.0278.